The predicted octanol–water partition coefficient (Wildman–Crippen LogP) is 4.77. The maximum atomic E-state index is 12.9. The first-order chi connectivity index (χ1) is 18.6. The molecule has 0 aliphatic carbocycles. The van der Waals surface area contributed by atoms with Crippen LogP contribution in [0.2, 0.25) is 5.02 Å². The Hall–Kier alpha value is -4.04. The van der Waals surface area contributed by atoms with Gasteiger partial charge in [-0.15, -0.1) is 0 Å². The summed E-state index contributed by atoms with van der Waals surface area (Å²) in [5, 5.41) is 13.6. The predicted molar refractivity (Wildman–Crippen MR) is 154 cm³/mol. The van der Waals surface area contributed by atoms with Gasteiger partial charge >= 0.3 is 0 Å². The van der Waals surface area contributed by atoms with E-state index in [1.165, 1.54) is 41.2 Å². The van der Waals surface area contributed by atoms with E-state index in [1.807, 2.05) is 30.9 Å². The highest BCUT2D eigenvalue weighted by atomic mass is 35.5. The number of halogens is 1. The zero-order valence-electron chi connectivity index (χ0n) is 22.6. The second kappa shape index (κ2) is 12.2. The number of carbonyl (C=O) groups is 2. The van der Waals surface area contributed by atoms with Crippen LogP contribution in [0.4, 0.5) is 5.69 Å². The first-order valence-corrected chi connectivity index (χ1v) is 13.2. The Morgan fingerprint density at radius 1 is 1.00 bits per heavy atom. The minimum Gasteiger partial charge on any atom is -0.506 e. The van der Waals surface area contributed by atoms with Gasteiger partial charge in [0.1, 0.15) is 11.5 Å². The van der Waals surface area contributed by atoms with E-state index >= 15 is 0 Å². The van der Waals surface area contributed by atoms with Crippen LogP contribution in [-0.4, -0.2) is 60.8 Å². The van der Waals surface area contributed by atoms with Crippen LogP contribution in [0.1, 0.15) is 38.2 Å². The molecule has 1 heterocycles. The fraction of sp³-hybridized carbons (Fsp3) is 0.300. The smallest absolute Gasteiger partial charge is 0.271 e. The molecule has 3 aromatic carbocycles. The third-order valence-corrected chi connectivity index (χ3v) is 7.26. The zero-order valence-corrected chi connectivity index (χ0v) is 23.4. The molecule has 4 rings (SSSR count). The number of phenolic OH excluding ortho intramolecular Hbond substituents is 1. The van der Waals surface area contributed by atoms with Gasteiger partial charge in [0.25, 0.3) is 11.8 Å². The molecule has 8 nitrogen and oxygen atoms in total. The number of nitrogens with one attached hydrogen (secondary N) is 1. The summed E-state index contributed by atoms with van der Waals surface area (Å²) in [6.45, 7) is 10.9. The summed E-state index contributed by atoms with van der Waals surface area (Å²) in [5.74, 6) is 0.0896. The Bertz CT molecular complexity index is 1390. The van der Waals surface area contributed by atoms with Crippen molar-refractivity contribution in [2.75, 3.05) is 37.7 Å². The molecule has 0 saturated carbocycles. The third kappa shape index (κ3) is 6.70. The number of aryl methyl sites for hydroxylation is 3. The number of benzene rings is 3. The molecule has 9 heteroatoms. The molecule has 1 aliphatic heterocycles. The first-order valence-electron chi connectivity index (χ1n) is 12.8. The minimum absolute atomic E-state index is 0.0240. The summed E-state index contributed by atoms with van der Waals surface area (Å²) in [4.78, 5) is 29.3. The summed E-state index contributed by atoms with van der Waals surface area (Å²) in [6, 6.07) is 14.3. The van der Waals surface area contributed by atoms with E-state index in [4.69, 9.17) is 16.3 Å². The van der Waals surface area contributed by atoms with E-state index in [1.54, 1.807) is 0 Å². The number of aromatic hydroxyl groups is 1. The molecule has 2 N–H and O–H groups in total. The van der Waals surface area contributed by atoms with Crippen LogP contribution in [0.15, 0.2) is 53.6 Å². The van der Waals surface area contributed by atoms with Crippen LogP contribution in [0, 0.1) is 27.7 Å². The Morgan fingerprint density at radius 2 is 1.69 bits per heavy atom. The van der Waals surface area contributed by atoms with E-state index < -0.39 is 5.91 Å². The average Bonchev–Trinajstić information content (AvgIpc) is 2.91. The van der Waals surface area contributed by atoms with E-state index in [-0.39, 0.29) is 28.8 Å². The zero-order chi connectivity index (χ0) is 28.1. The van der Waals surface area contributed by atoms with Gasteiger partial charge in [-0.1, -0.05) is 23.7 Å². The fourth-order valence-electron chi connectivity index (χ4n) is 4.66. The molecule has 1 saturated heterocycles. The molecule has 0 aromatic heterocycles. The lowest BCUT2D eigenvalue weighted by Gasteiger charge is -2.37. The fourth-order valence-corrected chi connectivity index (χ4v) is 4.84. The lowest BCUT2D eigenvalue weighted by molar-refractivity contribution is -0.133. The van der Waals surface area contributed by atoms with Crippen molar-refractivity contribution in [1.82, 2.24) is 10.3 Å². The molecule has 2 amide bonds. The molecule has 39 heavy (non-hydrogen) atoms. The highest BCUT2D eigenvalue weighted by molar-refractivity contribution is 6.32. The summed E-state index contributed by atoms with van der Waals surface area (Å²) < 4.78 is 5.95. The molecule has 204 valence electrons. The van der Waals surface area contributed by atoms with Gasteiger partial charge in [-0.3, -0.25) is 9.59 Å². The highest BCUT2D eigenvalue weighted by Gasteiger charge is 2.23. The Labute approximate surface area is 233 Å². The molecule has 0 atom stereocenters. The largest absolute Gasteiger partial charge is 0.506 e. The third-order valence-electron chi connectivity index (χ3n) is 6.96. The van der Waals surface area contributed by atoms with Crippen LogP contribution >= 0.6 is 11.6 Å². The van der Waals surface area contributed by atoms with Crippen molar-refractivity contribution in [3.05, 3.63) is 86.9 Å². The summed E-state index contributed by atoms with van der Waals surface area (Å²) in [7, 11) is 0. The Morgan fingerprint density at radius 3 is 2.36 bits per heavy atom. The minimum atomic E-state index is -0.449. The SMILES string of the molecule is Cc1cccc(N2CCN(C(=O)COc3c(C)cc(/C=N\NC(=O)c4ccc(O)c(Cl)c4)cc3C)CC2)c1C. The first kappa shape index (κ1) is 28.0. The normalized spacial score (nSPS) is 13.6. The van der Waals surface area contributed by atoms with Crippen molar-refractivity contribution in [2.24, 2.45) is 5.10 Å². The molecule has 1 fully saturated rings. The van der Waals surface area contributed by atoms with Crippen LogP contribution in [0.5, 0.6) is 11.5 Å². The van der Waals surface area contributed by atoms with E-state index in [0.29, 0.717) is 18.8 Å². The van der Waals surface area contributed by atoms with Gasteiger partial charge < -0.3 is 19.6 Å². The van der Waals surface area contributed by atoms with Crippen molar-refractivity contribution in [3.63, 3.8) is 0 Å². The molecule has 0 bridgehead atoms. The van der Waals surface area contributed by atoms with Crippen molar-refractivity contribution in [1.29, 1.82) is 0 Å². The molecular formula is C30H33ClN4O4. The van der Waals surface area contributed by atoms with Crippen LogP contribution in [0.25, 0.3) is 0 Å². The number of ether oxygens (including phenoxy) is 1. The van der Waals surface area contributed by atoms with Crippen LogP contribution < -0.4 is 15.1 Å². The van der Waals surface area contributed by atoms with Crippen molar-refractivity contribution >= 4 is 35.3 Å². The summed E-state index contributed by atoms with van der Waals surface area (Å²) in [6.07, 6.45) is 1.53. The lowest BCUT2D eigenvalue weighted by Crippen LogP contribution is -2.50. The number of hydrogen-bond acceptors (Lipinski definition) is 6. The van der Waals surface area contributed by atoms with Crippen molar-refractivity contribution < 1.29 is 19.4 Å². The molecule has 3 aromatic rings. The van der Waals surface area contributed by atoms with Gasteiger partial charge in [-0.05, 0) is 91.9 Å². The molecular weight excluding hydrogens is 516 g/mol. The number of hydrazone groups is 1. The molecule has 1 aliphatic rings. The maximum Gasteiger partial charge on any atom is 0.271 e. The van der Waals surface area contributed by atoms with Crippen molar-refractivity contribution in [3.8, 4) is 11.5 Å². The van der Waals surface area contributed by atoms with Crippen LogP contribution in [-0.2, 0) is 4.79 Å². The number of hydrogen-bond donors (Lipinski definition) is 2. The number of nitrogens with zero attached hydrogens (tertiary/aromatic N) is 3. The highest BCUT2D eigenvalue weighted by Crippen LogP contribution is 2.26. The molecule has 0 unspecified atom stereocenters. The Balaban J connectivity index is 1.30. The Kier molecular flexibility index (Phi) is 8.76. The quantitative estimate of drug-likeness (QED) is 0.327. The van der Waals surface area contributed by atoms with Gasteiger partial charge in [-0.2, -0.15) is 5.10 Å². The molecule has 0 radical (unpaired) electrons. The van der Waals surface area contributed by atoms with Gasteiger partial charge in [0.2, 0.25) is 0 Å². The lowest BCUT2D eigenvalue weighted by atomic mass is 10.1. The van der Waals surface area contributed by atoms with Gasteiger partial charge in [-0.25, -0.2) is 5.43 Å². The van der Waals surface area contributed by atoms with Crippen molar-refractivity contribution in [2.45, 2.75) is 27.7 Å². The number of rotatable bonds is 7. The van der Waals surface area contributed by atoms with Gasteiger partial charge in [0, 0.05) is 37.4 Å². The average molecular weight is 549 g/mol. The number of anilines is 1. The topological polar surface area (TPSA) is 94.5 Å². The monoisotopic (exact) mass is 548 g/mol. The van der Waals surface area contributed by atoms with E-state index in [2.05, 4.69) is 47.5 Å². The standard InChI is InChI=1S/C30H33ClN4O4/c1-19-6-5-7-26(22(19)4)34-10-12-35(13-11-34)28(37)18-39-29-20(2)14-23(15-21(29)3)17-32-33-30(38)24-8-9-27(36)25(31)16-24/h5-9,14-17,36H,10-13,18H2,1-4H3,(H,33,38)/b32-17-. The molecule has 0 spiro atoms. The summed E-state index contributed by atoms with van der Waals surface area (Å²) >= 11 is 5.86. The summed E-state index contributed by atoms with van der Waals surface area (Å²) in [5.41, 5.74) is 9.01. The number of phenols is 1. The van der Waals surface area contributed by atoms with Crippen LogP contribution in [0.3, 0.4) is 0 Å². The van der Waals surface area contributed by atoms with Gasteiger partial charge in [0.15, 0.2) is 6.61 Å². The number of carbonyl (C=O) groups excluding carboxylic acids is 2. The van der Waals surface area contributed by atoms with E-state index in [9.17, 15) is 14.7 Å². The number of amides is 2. The van der Waals surface area contributed by atoms with Gasteiger partial charge in [0.05, 0.1) is 11.2 Å². The maximum absolute atomic E-state index is 12.9. The van der Waals surface area contributed by atoms with E-state index in [0.717, 1.165) is 29.8 Å². The number of piperazine rings is 1. The second-order valence-corrected chi connectivity index (χ2v) is 10.1. The second-order valence-electron chi connectivity index (χ2n) is 9.72.